The molecule has 1 aromatic carbocycles. The van der Waals surface area contributed by atoms with Crippen molar-refractivity contribution in [1.82, 2.24) is 10.6 Å². The molecule has 5 nitrogen and oxygen atoms in total. The average Bonchev–Trinajstić information content (AvgIpc) is 2.32. The van der Waals surface area contributed by atoms with Gasteiger partial charge in [-0.05, 0) is 42.0 Å². The van der Waals surface area contributed by atoms with E-state index in [9.17, 15) is 9.59 Å². The van der Waals surface area contributed by atoms with E-state index < -0.39 is 12.0 Å². The molecule has 1 saturated heterocycles. The van der Waals surface area contributed by atoms with E-state index in [0.29, 0.717) is 21.0 Å². The third-order valence-electron chi connectivity index (χ3n) is 4.71. The Bertz CT molecular complexity index is 618. The quantitative estimate of drug-likeness (QED) is 0.757. The molecule has 1 spiro atoms. The molecule has 1 heterocycles. The third kappa shape index (κ3) is 3.62. The first kappa shape index (κ1) is 16.6. The number of carboxylic acids is 1. The highest BCUT2D eigenvalue weighted by Gasteiger charge is 2.51. The lowest BCUT2D eigenvalue weighted by molar-refractivity contribution is -0.139. The third-order valence-corrected chi connectivity index (χ3v) is 5.15. The Morgan fingerprint density at radius 1 is 1.26 bits per heavy atom. The van der Waals surface area contributed by atoms with Crippen LogP contribution in [0.15, 0.2) is 18.2 Å². The zero-order valence-corrected chi connectivity index (χ0v) is 14.0. The summed E-state index contributed by atoms with van der Waals surface area (Å²) in [7, 11) is 0. The molecule has 124 valence electrons. The molecule has 1 aliphatic carbocycles. The van der Waals surface area contributed by atoms with Crippen LogP contribution in [0.4, 0.5) is 0 Å². The molecule has 0 aromatic heterocycles. The standard InChI is InChI=1S/C16H18Cl2N2O3/c17-11-1-9(2-12(18)3-11)13(4-14(21)22)20-15(23)10-5-16(6-10)7-19-8-16/h1-3,10,13,19H,4-8H2,(H,20,23)(H,21,22). The van der Waals surface area contributed by atoms with Gasteiger partial charge < -0.3 is 15.7 Å². The number of benzene rings is 1. The zero-order chi connectivity index (χ0) is 16.6. The molecule has 1 saturated carbocycles. The minimum absolute atomic E-state index is 0.0388. The van der Waals surface area contributed by atoms with Gasteiger partial charge in [0.2, 0.25) is 5.91 Å². The highest BCUT2D eigenvalue weighted by atomic mass is 35.5. The largest absolute Gasteiger partial charge is 0.481 e. The van der Waals surface area contributed by atoms with E-state index in [2.05, 4.69) is 10.6 Å². The van der Waals surface area contributed by atoms with Crippen LogP contribution in [0.25, 0.3) is 0 Å². The van der Waals surface area contributed by atoms with Crippen LogP contribution in [0.3, 0.4) is 0 Å². The van der Waals surface area contributed by atoms with Crippen LogP contribution in [-0.4, -0.2) is 30.1 Å². The van der Waals surface area contributed by atoms with Gasteiger partial charge in [0.1, 0.15) is 0 Å². The minimum atomic E-state index is -0.986. The first-order valence-electron chi connectivity index (χ1n) is 7.56. The molecule has 3 rings (SSSR count). The van der Waals surface area contributed by atoms with Gasteiger partial charge in [0.25, 0.3) is 0 Å². The first-order valence-corrected chi connectivity index (χ1v) is 8.31. The van der Waals surface area contributed by atoms with Gasteiger partial charge in [0.15, 0.2) is 0 Å². The highest BCUT2D eigenvalue weighted by Crippen LogP contribution is 2.48. The monoisotopic (exact) mass is 356 g/mol. The molecule has 3 N–H and O–H groups in total. The van der Waals surface area contributed by atoms with Gasteiger partial charge in [-0.3, -0.25) is 9.59 Å². The fraction of sp³-hybridized carbons (Fsp3) is 0.500. The van der Waals surface area contributed by atoms with Crippen LogP contribution in [0.5, 0.6) is 0 Å². The molecule has 0 bridgehead atoms. The number of carbonyl (C=O) groups excluding carboxylic acids is 1. The lowest BCUT2D eigenvalue weighted by Gasteiger charge is -2.53. The fourth-order valence-electron chi connectivity index (χ4n) is 3.43. The van der Waals surface area contributed by atoms with E-state index in [-0.39, 0.29) is 18.2 Å². The van der Waals surface area contributed by atoms with Crippen LogP contribution in [0.2, 0.25) is 10.0 Å². The van der Waals surface area contributed by atoms with Gasteiger partial charge in [-0.2, -0.15) is 0 Å². The van der Waals surface area contributed by atoms with E-state index in [1.165, 1.54) is 0 Å². The lowest BCUT2D eigenvalue weighted by Crippen LogP contribution is -2.62. The summed E-state index contributed by atoms with van der Waals surface area (Å²) in [6.45, 7) is 1.94. The number of halogens is 2. The minimum Gasteiger partial charge on any atom is -0.481 e. The molecule has 1 unspecified atom stereocenters. The molecule has 0 radical (unpaired) electrons. The van der Waals surface area contributed by atoms with Crippen molar-refractivity contribution in [2.45, 2.75) is 25.3 Å². The van der Waals surface area contributed by atoms with Crippen molar-refractivity contribution in [1.29, 1.82) is 0 Å². The Morgan fingerprint density at radius 2 is 1.87 bits per heavy atom. The SMILES string of the molecule is O=C(O)CC(NC(=O)C1CC2(CNC2)C1)c1cc(Cl)cc(Cl)c1. The van der Waals surface area contributed by atoms with Crippen molar-refractivity contribution in [3.63, 3.8) is 0 Å². The van der Waals surface area contributed by atoms with Crippen LogP contribution in [0.1, 0.15) is 30.9 Å². The van der Waals surface area contributed by atoms with Crippen molar-refractivity contribution >= 4 is 35.1 Å². The molecule has 2 fully saturated rings. The van der Waals surface area contributed by atoms with E-state index in [4.69, 9.17) is 28.3 Å². The topological polar surface area (TPSA) is 78.4 Å². The number of hydrogen-bond donors (Lipinski definition) is 3. The van der Waals surface area contributed by atoms with Crippen molar-refractivity contribution in [2.24, 2.45) is 11.3 Å². The molecular weight excluding hydrogens is 339 g/mol. The van der Waals surface area contributed by atoms with Crippen molar-refractivity contribution in [3.05, 3.63) is 33.8 Å². The molecule has 1 atom stereocenters. The Balaban J connectivity index is 1.69. The Morgan fingerprint density at radius 3 is 2.35 bits per heavy atom. The van der Waals surface area contributed by atoms with Crippen molar-refractivity contribution in [2.75, 3.05) is 13.1 Å². The predicted molar refractivity (Wildman–Crippen MR) is 87.6 cm³/mol. The number of carbonyl (C=O) groups is 2. The average molecular weight is 357 g/mol. The number of amides is 1. The molecule has 1 aromatic rings. The maximum atomic E-state index is 12.4. The smallest absolute Gasteiger partial charge is 0.305 e. The number of hydrogen-bond acceptors (Lipinski definition) is 3. The van der Waals surface area contributed by atoms with Crippen LogP contribution in [0, 0.1) is 11.3 Å². The summed E-state index contributed by atoms with van der Waals surface area (Å²) in [4.78, 5) is 23.5. The summed E-state index contributed by atoms with van der Waals surface area (Å²) in [6.07, 6.45) is 1.52. The predicted octanol–water partition coefficient (Wildman–Crippen LogP) is 2.63. The fourth-order valence-corrected chi connectivity index (χ4v) is 3.97. The normalized spacial score (nSPS) is 20.4. The van der Waals surface area contributed by atoms with Crippen LogP contribution < -0.4 is 10.6 Å². The first-order chi connectivity index (χ1) is 10.9. The summed E-state index contributed by atoms with van der Waals surface area (Å²) in [5, 5.41) is 16.0. The van der Waals surface area contributed by atoms with Crippen LogP contribution >= 0.6 is 23.2 Å². The van der Waals surface area contributed by atoms with Gasteiger partial charge in [-0.25, -0.2) is 0 Å². The number of carboxylic acid groups (broad SMARTS) is 1. The van der Waals surface area contributed by atoms with E-state index >= 15 is 0 Å². The number of rotatable bonds is 5. The molecule has 23 heavy (non-hydrogen) atoms. The highest BCUT2D eigenvalue weighted by molar-refractivity contribution is 6.34. The summed E-state index contributed by atoms with van der Waals surface area (Å²) in [6, 6.07) is 4.22. The van der Waals surface area contributed by atoms with Crippen LogP contribution in [-0.2, 0) is 9.59 Å². The second-order valence-corrected chi connectivity index (χ2v) is 7.44. The number of aliphatic carboxylic acids is 1. The van der Waals surface area contributed by atoms with E-state index in [1.807, 2.05) is 0 Å². The van der Waals surface area contributed by atoms with Gasteiger partial charge in [-0.1, -0.05) is 23.2 Å². The number of nitrogens with one attached hydrogen (secondary N) is 2. The Hall–Kier alpha value is -1.30. The van der Waals surface area contributed by atoms with Gasteiger partial charge in [0.05, 0.1) is 12.5 Å². The summed E-state index contributed by atoms with van der Waals surface area (Å²) < 4.78 is 0. The van der Waals surface area contributed by atoms with E-state index in [0.717, 1.165) is 25.9 Å². The molecular formula is C16H18Cl2N2O3. The summed E-state index contributed by atoms with van der Waals surface area (Å²) in [5.74, 6) is -1.12. The second kappa shape index (κ2) is 6.30. The van der Waals surface area contributed by atoms with Gasteiger partial charge in [0, 0.05) is 29.1 Å². The molecule has 1 aliphatic heterocycles. The molecule has 1 amide bonds. The Labute approximate surface area is 144 Å². The maximum absolute atomic E-state index is 12.4. The van der Waals surface area contributed by atoms with E-state index in [1.54, 1.807) is 18.2 Å². The van der Waals surface area contributed by atoms with Gasteiger partial charge >= 0.3 is 5.97 Å². The second-order valence-electron chi connectivity index (χ2n) is 6.57. The molecule has 2 aliphatic rings. The summed E-state index contributed by atoms with van der Waals surface area (Å²) >= 11 is 12.0. The van der Waals surface area contributed by atoms with Crippen molar-refractivity contribution in [3.8, 4) is 0 Å². The summed E-state index contributed by atoms with van der Waals surface area (Å²) in [5.41, 5.74) is 0.904. The lowest BCUT2D eigenvalue weighted by atomic mass is 9.58. The zero-order valence-electron chi connectivity index (χ0n) is 12.4. The molecule has 7 heteroatoms. The van der Waals surface area contributed by atoms with Gasteiger partial charge in [-0.15, -0.1) is 0 Å². The Kier molecular flexibility index (Phi) is 4.54. The van der Waals surface area contributed by atoms with Crippen molar-refractivity contribution < 1.29 is 14.7 Å². The maximum Gasteiger partial charge on any atom is 0.305 e.